The molecule has 0 fully saturated rings. The summed E-state index contributed by atoms with van der Waals surface area (Å²) >= 11 is 6.91. The van der Waals surface area contributed by atoms with Crippen LogP contribution < -0.4 is 10.6 Å². The lowest BCUT2D eigenvalue weighted by atomic mass is 9.95. The molecule has 2 heterocycles. The van der Waals surface area contributed by atoms with Crippen LogP contribution in [0.2, 0.25) is 0 Å². The number of fused-ring (bicyclic) bond motifs is 1. The summed E-state index contributed by atoms with van der Waals surface area (Å²) in [6.07, 6.45) is 4.15. The molecule has 0 radical (unpaired) electrons. The van der Waals surface area contributed by atoms with E-state index in [1.54, 1.807) is 24.3 Å². The molecule has 1 aliphatic carbocycles. The third kappa shape index (κ3) is 3.59. The Hall–Kier alpha value is -1.93. The van der Waals surface area contributed by atoms with E-state index < -0.39 is 0 Å². The maximum Gasteiger partial charge on any atom is 0.341 e. The molecule has 0 aromatic carbocycles. The topological polar surface area (TPSA) is 76.4 Å². The van der Waals surface area contributed by atoms with Crippen LogP contribution in [0.5, 0.6) is 0 Å². The Labute approximate surface area is 149 Å². The molecule has 6 nitrogen and oxygen atoms in total. The molecular weight excluding hydrogens is 346 g/mol. The molecule has 0 atom stereocenters. The molecule has 0 saturated heterocycles. The molecule has 0 saturated carbocycles. The molecule has 3 rings (SSSR count). The first-order chi connectivity index (χ1) is 11.6. The monoisotopic (exact) mass is 365 g/mol. The fourth-order valence-corrected chi connectivity index (χ4v) is 4.30. The van der Waals surface area contributed by atoms with Gasteiger partial charge in [-0.15, -0.1) is 11.3 Å². The van der Waals surface area contributed by atoms with Crippen LogP contribution in [0.25, 0.3) is 0 Å². The Kier molecular flexibility index (Phi) is 5.15. The van der Waals surface area contributed by atoms with E-state index in [0.717, 1.165) is 36.2 Å². The Balaban J connectivity index is 1.82. The van der Waals surface area contributed by atoms with Gasteiger partial charge in [-0.05, 0) is 57.3 Å². The van der Waals surface area contributed by atoms with Gasteiger partial charge in [0.2, 0.25) is 0 Å². The minimum atomic E-state index is -0.292. The van der Waals surface area contributed by atoms with E-state index in [0.29, 0.717) is 28.9 Å². The first-order valence-corrected chi connectivity index (χ1v) is 9.14. The third-order valence-corrected chi connectivity index (χ3v) is 5.16. The van der Waals surface area contributed by atoms with E-state index in [1.165, 1.54) is 4.88 Å². The number of thiocarbonyl (C=S) groups is 1. The number of anilines is 2. The number of aryl methyl sites for hydroxylation is 2. The van der Waals surface area contributed by atoms with E-state index >= 15 is 0 Å². The highest BCUT2D eigenvalue weighted by Crippen LogP contribution is 2.38. The standard InChI is InChI=1S/C16H19N3O3S2/c1-3-21-15(20)13-10-6-4-5-7-11(10)24-14(13)18-16(23)17-12-8-9(2)22-19-12/h8H,3-7H2,1-2H3,(H2,17,18,19,23). The van der Waals surface area contributed by atoms with Crippen LogP contribution in [-0.2, 0) is 17.6 Å². The summed E-state index contributed by atoms with van der Waals surface area (Å²) in [6, 6.07) is 1.75. The summed E-state index contributed by atoms with van der Waals surface area (Å²) in [6.45, 7) is 3.97. The molecule has 128 valence electrons. The maximum absolute atomic E-state index is 12.4. The number of esters is 1. The minimum Gasteiger partial charge on any atom is -0.462 e. The van der Waals surface area contributed by atoms with Gasteiger partial charge in [0.1, 0.15) is 10.8 Å². The number of hydrogen-bond acceptors (Lipinski definition) is 6. The van der Waals surface area contributed by atoms with Crippen LogP contribution in [0.3, 0.4) is 0 Å². The van der Waals surface area contributed by atoms with Crippen molar-refractivity contribution in [3.8, 4) is 0 Å². The van der Waals surface area contributed by atoms with Crippen molar-refractivity contribution in [2.45, 2.75) is 39.5 Å². The van der Waals surface area contributed by atoms with E-state index in [1.807, 2.05) is 6.92 Å². The van der Waals surface area contributed by atoms with Crippen molar-refractivity contribution in [3.63, 3.8) is 0 Å². The average molecular weight is 365 g/mol. The zero-order valence-corrected chi connectivity index (χ0v) is 15.2. The van der Waals surface area contributed by atoms with Gasteiger partial charge >= 0.3 is 5.97 Å². The second kappa shape index (κ2) is 7.31. The average Bonchev–Trinajstić information content (AvgIpc) is 3.10. The smallest absolute Gasteiger partial charge is 0.341 e. The van der Waals surface area contributed by atoms with Crippen LogP contribution in [0, 0.1) is 6.92 Å². The first-order valence-electron chi connectivity index (χ1n) is 7.91. The molecule has 24 heavy (non-hydrogen) atoms. The van der Waals surface area contributed by atoms with Gasteiger partial charge in [-0.25, -0.2) is 4.79 Å². The lowest BCUT2D eigenvalue weighted by molar-refractivity contribution is 0.0526. The number of nitrogens with zero attached hydrogens (tertiary/aromatic N) is 1. The highest BCUT2D eigenvalue weighted by atomic mass is 32.1. The van der Waals surface area contributed by atoms with Crippen molar-refractivity contribution in [3.05, 3.63) is 27.8 Å². The molecule has 8 heteroatoms. The number of hydrogen-bond donors (Lipinski definition) is 2. The summed E-state index contributed by atoms with van der Waals surface area (Å²) < 4.78 is 10.2. The lowest BCUT2D eigenvalue weighted by Gasteiger charge is -2.12. The lowest BCUT2D eigenvalue weighted by Crippen LogP contribution is -2.20. The quantitative estimate of drug-likeness (QED) is 0.628. The first kappa shape index (κ1) is 16.9. The van der Waals surface area contributed by atoms with E-state index in [9.17, 15) is 4.79 Å². The number of carbonyl (C=O) groups is 1. The minimum absolute atomic E-state index is 0.292. The van der Waals surface area contributed by atoms with Crippen LogP contribution in [0.1, 0.15) is 46.3 Å². The summed E-state index contributed by atoms with van der Waals surface area (Å²) in [5, 5.41) is 11.0. The highest BCUT2D eigenvalue weighted by Gasteiger charge is 2.26. The third-order valence-electron chi connectivity index (χ3n) is 3.75. The zero-order chi connectivity index (χ0) is 17.1. The van der Waals surface area contributed by atoms with Gasteiger partial charge in [-0.2, -0.15) is 0 Å². The summed E-state index contributed by atoms with van der Waals surface area (Å²) in [5.74, 6) is 0.933. The summed E-state index contributed by atoms with van der Waals surface area (Å²) in [7, 11) is 0. The van der Waals surface area contributed by atoms with Gasteiger partial charge in [0.25, 0.3) is 0 Å². The normalized spacial score (nSPS) is 13.2. The molecular formula is C16H19N3O3S2. The molecule has 0 spiro atoms. The Morgan fingerprint density at radius 3 is 2.92 bits per heavy atom. The van der Waals surface area contributed by atoms with Crippen LogP contribution in [0.4, 0.5) is 10.8 Å². The predicted octanol–water partition coefficient (Wildman–Crippen LogP) is 3.91. The van der Waals surface area contributed by atoms with Gasteiger partial charge in [0.05, 0.1) is 12.2 Å². The number of carbonyl (C=O) groups excluding carboxylic acids is 1. The Morgan fingerprint density at radius 1 is 1.42 bits per heavy atom. The van der Waals surface area contributed by atoms with Gasteiger partial charge in [-0.3, -0.25) is 0 Å². The number of thiophene rings is 1. The molecule has 1 aliphatic rings. The molecule has 0 amide bonds. The predicted molar refractivity (Wildman–Crippen MR) is 98.0 cm³/mol. The zero-order valence-electron chi connectivity index (χ0n) is 13.6. The molecule has 0 aliphatic heterocycles. The summed E-state index contributed by atoms with van der Waals surface area (Å²) in [5.41, 5.74) is 1.73. The Morgan fingerprint density at radius 2 is 2.21 bits per heavy atom. The largest absolute Gasteiger partial charge is 0.462 e. The van der Waals surface area contributed by atoms with Gasteiger partial charge < -0.3 is 19.9 Å². The van der Waals surface area contributed by atoms with Crippen molar-refractivity contribution >= 4 is 45.5 Å². The second-order valence-corrected chi connectivity index (χ2v) is 7.05. The number of nitrogens with one attached hydrogen (secondary N) is 2. The van der Waals surface area contributed by atoms with E-state index in [4.69, 9.17) is 21.5 Å². The van der Waals surface area contributed by atoms with Crippen molar-refractivity contribution in [1.29, 1.82) is 0 Å². The molecule has 2 N–H and O–H groups in total. The van der Waals surface area contributed by atoms with Gasteiger partial charge in [-0.1, -0.05) is 5.16 Å². The summed E-state index contributed by atoms with van der Waals surface area (Å²) in [4.78, 5) is 13.6. The van der Waals surface area contributed by atoms with Crippen LogP contribution in [-0.4, -0.2) is 22.8 Å². The Bertz CT molecular complexity index is 767. The van der Waals surface area contributed by atoms with E-state index in [2.05, 4.69) is 15.8 Å². The van der Waals surface area contributed by atoms with Gasteiger partial charge in [0.15, 0.2) is 10.9 Å². The van der Waals surface area contributed by atoms with Crippen LogP contribution >= 0.6 is 23.6 Å². The number of aromatic nitrogens is 1. The molecule has 2 aromatic rings. The molecule has 2 aromatic heterocycles. The van der Waals surface area contributed by atoms with Crippen molar-refractivity contribution in [2.75, 3.05) is 17.2 Å². The van der Waals surface area contributed by atoms with Crippen molar-refractivity contribution in [2.24, 2.45) is 0 Å². The second-order valence-electron chi connectivity index (χ2n) is 5.54. The fourth-order valence-electron chi connectivity index (χ4n) is 2.75. The number of rotatable bonds is 4. The van der Waals surface area contributed by atoms with Gasteiger partial charge in [0, 0.05) is 10.9 Å². The van der Waals surface area contributed by atoms with Crippen LogP contribution in [0.15, 0.2) is 10.6 Å². The molecule has 0 unspecified atom stereocenters. The van der Waals surface area contributed by atoms with Crippen molar-refractivity contribution < 1.29 is 14.1 Å². The fraction of sp³-hybridized carbons (Fsp3) is 0.438. The molecule has 0 bridgehead atoms. The number of ether oxygens (including phenoxy) is 1. The highest BCUT2D eigenvalue weighted by molar-refractivity contribution is 7.80. The maximum atomic E-state index is 12.4. The van der Waals surface area contributed by atoms with E-state index in [-0.39, 0.29) is 5.97 Å². The van der Waals surface area contributed by atoms with Crippen molar-refractivity contribution in [1.82, 2.24) is 5.16 Å². The SMILES string of the molecule is CCOC(=O)c1c(NC(=S)Nc2cc(C)on2)sc2c1CCCC2.